The first kappa shape index (κ1) is 12.7. The maximum atomic E-state index is 12.2. The van der Waals surface area contributed by atoms with Crippen LogP contribution in [-0.2, 0) is 9.59 Å². The molecule has 0 aliphatic heterocycles. The van der Waals surface area contributed by atoms with Gasteiger partial charge in [-0.1, -0.05) is 6.92 Å². The highest BCUT2D eigenvalue weighted by Crippen LogP contribution is 2.38. The van der Waals surface area contributed by atoms with E-state index in [-0.39, 0.29) is 30.3 Å². The van der Waals surface area contributed by atoms with Gasteiger partial charge in [0.2, 0.25) is 5.91 Å². The van der Waals surface area contributed by atoms with E-state index in [0.717, 1.165) is 0 Å². The normalized spacial score (nSPS) is 25.2. The number of hydrogen-bond donors (Lipinski definition) is 1. The van der Waals surface area contributed by atoms with Gasteiger partial charge in [-0.3, -0.25) is 9.59 Å². The van der Waals surface area contributed by atoms with Gasteiger partial charge in [-0.15, -0.1) is 0 Å². The van der Waals surface area contributed by atoms with Gasteiger partial charge in [0.25, 0.3) is 0 Å². The molecule has 1 aliphatic carbocycles. The summed E-state index contributed by atoms with van der Waals surface area (Å²) in [4.78, 5) is 25.3. The smallest absolute Gasteiger partial charge is 0.229 e. The molecule has 16 heavy (non-hydrogen) atoms. The molecule has 0 bridgehead atoms. The Labute approximate surface area is 95.9 Å². The van der Waals surface area contributed by atoms with Gasteiger partial charge >= 0.3 is 0 Å². The fourth-order valence-corrected chi connectivity index (χ4v) is 2.13. The summed E-state index contributed by atoms with van der Waals surface area (Å²) in [6.45, 7) is 4.38. The van der Waals surface area contributed by atoms with Crippen molar-refractivity contribution in [3.8, 4) is 0 Å². The van der Waals surface area contributed by atoms with E-state index in [9.17, 15) is 14.7 Å². The first-order chi connectivity index (χ1) is 7.45. The first-order valence-electron chi connectivity index (χ1n) is 5.63. The summed E-state index contributed by atoms with van der Waals surface area (Å²) < 4.78 is 0. The molecule has 1 unspecified atom stereocenters. The predicted octanol–water partition coefficient (Wildman–Crippen LogP) is 1.67. The van der Waals surface area contributed by atoms with Gasteiger partial charge in [-0.25, -0.2) is 0 Å². The molecule has 0 aromatic heterocycles. The summed E-state index contributed by atoms with van der Waals surface area (Å²) in [5.74, 6) is -0.190. The van der Waals surface area contributed by atoms with Crippen molar-refractivity contribution in [2.24, 2.45) is 5.41 Å². The third-order valence-electron chi connectivity index (χ3n) is 3.31. The van der Waals surface area contributed by atoms with Gasteiger partial charge in [0.05, 0.1) is 11.2 Å². The van der Waals surface area contributed by atoms with E-state index < -0.39 is 5.41 Å². The molecule has 4 nitrogen and oxygen atoms in total. The van der Waals surface area contributed by atoms with Crippen LogP contribution in [0.25, 0.3) is 0 Å². The van der Waals surface area contributed by atoms with E-state index in [1.807, 2.05) is 13.8 Å². The van der Waals surface area contributed by atoms with E-state index in [1.54, 1.807) is 11.9 Å². The van der Waals surface area contributed by atoms with Gasteiger partial charge in [-0.05, 0) is 13.3 Å². The lowest BCUT2D eigenvalue weighted by atomic mass is 9.72. The van der Waals surface area contributed by atoms with Crippen molar-refractivity contribution in [1.82, 2.24) is 4.90 Å². The highest BCUT2D eigenvalue weighted by atomic mass is 16.3. The maximum absolute atomic E-state index is 12.2. The number of rotatable bonds is 3. The average Bonchev–Trinajstić information content (AvgIpc) is 2.25. The van der Waals surface area contributed by atoms with E-state index in [2.05, 4.69) is 0 Å². The Morgan fingerprint density at radius 3 is 2.56 bits per heavy atom. The maximum Gasteiger partial charge on any atom is 0.229 e. The molecule has 90 valence electrons. The average molecular weight is 225 g/mol. The summed E-state index contributed by atoms with van der Waals surface area (Å²) in [6, 6.07) is 0. The van der Waals surface area contributed by atoms with Crippen molar-refractivity contribution >= 4 is 11.7 Å². The highest BCUT2D eigenvalue weighted by molar-refractivity contribution is 5.97. The van der Waals surface area contributed by atoms with Crippen molar-refractivity contribution in [3.05, 3.63) is 11.8 Å². The minimum Gasteiger partial charge on any atom is -0.512 e. The molecule has 4 heteroatoms. The predicted molar refractivity (Wildman–Crippen MR) is 61.0 cm³/mol. The molecule has 1 rings (SSSR count). The molecule has 0 fully saturated rings. The largest absolute Gasteiger partial charge is 0.512 e. The Morgan fingerprint density at radius 1 is 1.50 bits per heavy atom. The number of aliphatic hydroxyl groups is 1. The van der Waals surface area contributed by atoms with Crippen LogP contribution in [0.3, 0.4) is 0 Å². The van der Waals surface area contributed by atoms with E-state index in [4.69, 9.17) is 0 Å². The van der Waals surface area contributed by atoms with Crippen LogP contribution < -0.4 is 0 Å². The molecule has 0 aromatic rings. The second kappa shape index (κ2) is 4.68. The lowest BCUT2D eigenvalue weighted by molar-refractivity contribution is -0.144. The van der Waals surface area contributed by atoms with Crippen LogP contribution in [-0.4, -0.2) is 35.3 Å². The zero-order chi connectivity index (χ0) is 12.3. The van der Waals surface area contributed by atoms with E-state index in [0.29, 0.717) is 13.0 Å². The second-order valence-corrected chi connectivity index (χ2v) is 4.41. The van der Waals surface area contributed by atoms with Crippen molar-refractivity contribution in [2.45, 2.75) is 33.1 Å². The molecule has 0 saturated heterocycles. The molecule has 0 spiro atoms. The number of carbonyl (C=O) groups is 2. The number of nitrogens with zero attached hydrogens (tertiary/aromatic N) is 1. The molecule has 1 amide bonds. The van der Waals surface area contributed by atoms with Crippen molar-refractivity contribution < 1.29 is 14.7 Å². The molecule has 1 atom stereocenters. The minimum absolute atomic E-state index is 0.0240. The number of ketones is 1. The lowest BCUT2D eigenvalue weighted by Crippen LogP contribution is -2.44. The third-order valence-corrected chi connectivity index (χ3v) is 3.31. The number of amides is 1. The van der Waals surface area contributed by atoms with Crippen LogP contribution in [0.4, 0.5) is 0 Å². The Kier molecular flexibility index (Phi) is 3.73. The van der Waals surface area contributed by atoms with Gasteiger partial charge in [0.15, 0.2) is 5.78 Å². The molecule has 0 radical (unpaired) electrons. The standard InChI is InChI=1S/C12H19NO3/c1-4-12(11(16)13(3)5-2)7-9(14)6-10(15)8-12/h6,14H,4-5,7-8H2,1-3H3. The highest BCUT2D eigenvalue weighted by Gasteiger charge is 2.43. The van der Waals surface area contributed by atoms with Crippen molar-refractivity contribution in [2.75, 3.05) is 13.6 Å². The summed E-state index contributed by atoms with van der Waals surface area (Å²) in [5.41, 5.74) is -0.735. The van der Waals surface area contributed by atoms with Gasteiger partial charge in [-0.2, -0.15) is 0 Å². The zero-order valence-corrected chi connectivity index (χ0v) is 10.1. The van der Waals surface area contributed by atoms with Crippen molar-refractivity contribution in [3.63, 3.8) is 0 Å². The number of allylic oxidation sites excluding steroid dienone is 2. The molecule has 0 saturated carbocycles. The SMILES string of the molecule is CCN(C)C(=O)C1(CC)CC(=O)C=C(O)C1. The Bertz CT molecular complexity index is 335. The zero-order valence-electron chi connectivity index (χ0n) is 10.1. The fraction of sp³-hybridized carbons (Fsp3) is 0.667. The minimum atomic E-state index is -0.735. The van der Waals surface area contributed by atoms with Crippen LogP contribution in [0, 0.1) is 5.41 Å². The number of hydrogen-bond acceptors (Lipinski definition) is 3. The van der Waals surface area contributed by atoms with E-state index >= 15 is 0 Å². The molecule has 0 heterocycles. The molecular formula is C12H19NO3. The van der Waals surface area contributed by atoms with Crippen LogP contribution in [0.5, 0.6) is 0 Å². The monoisotopic (exact) mass is 225 g/mol. The summed E-state index contributed by atoms with van der Waals surface area (Å²) in [6.07, 6.45) is 2.28. The van der Waals surface area contributed by atoms with Crippen LogP contribution in [0.1, 0.15) is 33.1 Å². The molecule has 1 aliphatic rings. The summed E-state index contributed by atoms with van der Waals surface area (Å²) in [7, 11) is 1.72. The van der Waals surface area contributed by atoms with Gasteiger partial charge in [0, 0.05) is 32.5 Å². The number of carbonyl (C=O) groups excluding carboxylic acids is 2. The Morgan fingerprint density at radius 2 is 2.12 bits per heavy atom. The third kappa shape index (κ3) is 2.26. The van der Waals surface area contributed by atoms with E-state index in [1.165, 1.54) is 6.08 Å². The van der Waals surface area contributed by atoms with Crippen LogP contribution in [0.15, 0.2) is 11.8 Å². The first-order valence-corrected chi connectivity index (χ1v) is 5.63. The topological polar surface area (TPSA) is 57.6 Å². The van der Waals surface area contributed by atoms with Gasteiger partial charge in [0.1, 0.15) is 0 Å². The Balaban J connectivity index is 2.99. The van der Waals surface area contributed by atoms with Crippen LogP contribution >= 0.6 is 0 Å². The molecule has 1 N–H and O–H groups in total. The second-order valence-electron chi connectivity index (χ2n) is 4.41. The molecular weight excluding hydrogens is 206 g/mol. The molecule has 0 aromatic carbocycles. The number of aliphatic hydroxyl groups excluding tert-OH is 1. The lowest BCUT2D eigenvalue weighted by Gasteiger charge is -2.35. The summed E-state index contributed by atoms with van der Waals surface area (Å²) >= 11 is 0. The Hall–Kier alpha value is -1.32. The van der Waals surface area contributed by atoms with Crippen molar-refractivity contribution in [1.29, 1.82) is 0 Å². The van der Waals surface area contributed by atoms with Gasteiger partial charge < -0.3 is 10.0 Å². The van der Waals surface area contributed by atoms with Crippen LogP contribution in [0.2, 0.25) is 0 Å². The summed E-state index contributed by atoms with van der Waals surface area (Å²) in [5, 5.41) is 9.52. The quantitative estimate of drug-likeness (QED) is 0.794. The fourth-order valence-electron chi connectivity index (χ4n) is 2.13.